The summed E-state index contributed by atoms with van der Waals surface area (Å²) in [7, 11) is 1.97. The molecule has 96 valence electrons. The summed E-state index contributed by atoms with van der Waals surface area (Å²) in [5.74, 6) is -2.58. The molecule has 1 fully saturated rings. The fraction of sp³-hybridized carbons (Fsp3) is 0.727. The minimum absolute atomic E-state index is 0.236. The lowest BCUT2D eigenvalue weighted by Gasteiger charge is -2.27. The number of carbonyl (C=O) groups excluding carboxylic acids is 2. The standard InChI is InChI=1S/C11H17NO5/c1-12-6-4-8(5-7-12)11(16)17-10(15)3-2-9(13)14/h8H,2-7H2,1H3,(H,13,14). The van der Waals surface area contributed by atoms with Crippen LogP contribution in [-0.2, 0) is 19.1 Å². The van der Waals surface area contributed by atoms with Crippen molar-refractivity contribution in [1.82, 2.24) is 4.90 Å². The molecule has 0 unspecified atom stereocenters. The zero-order valence-electron chi connectivity index (χ0n) is 9.85. The van der Waals surface area contributed by atoms with Crippen LogP contribution in [0.5, 0.6) is 0 Å². The van der Waals surface area contributed by atoms with Crippen molar-refractivity contribution in [2.75, 3.05) is 20.1 Å². The Bertz CT molecular complexity index is 307. The molecule has 0 saturated carbocycles. The van der Waals surface area contributed by atoms with Gasteiger partial charge in [0.1, 0.15) is 0 Å². The number of hydrogen-bond donors (Lipinski definition) is 1. The smallest absolute Gasteiger partial charge is 0.316 e. The Kier molecular flexibility index (Phi) is 5.09. The molecule has 1 aliphatic heterocycles. The zero-order chi connectivity index (χ0) is 12.8. The highest BCUT2D eigenvalue weighted by atomic mass is 16.6. The topological polar surface area (TPSA) is 83.9 Å². The number of esters is 2. The zero-order valence-corrected chi connectivity index (χ0v) is 9.85. The minimum Gasteiger partial charge on any atom is -0.481 e. The second-order valence-corrected chi connectivity index (χ2v) is 4.26. The normalized spacial score (nSPS) is 17.7. The molecular weight excluding hydrogens is 226 g/mol. The minimum atomic E-state index is -1.08. The molecule has 0 atom stereocenters. The van der Waals surface area contributed by atoms with Crippen LogP contribution in [0.25, 0.3) is 0 Å². The fourth-order valence-corrected chi connectivity index (χ4v) is 1.70. The van der Waals surface area contributed by atoms with Crippen LogP contribution in [0.15, 0.2) is 0 Å². The molecule has 1 rings (SSSR count). The Labute approximate surface area is 99.5 Å². The van der Waals surface area contributed by atoms with Crippen LogP contribution >= 0.6 is 0 Å². The first-order valence-corrected chi connectivity index (χ1v) is 5.64. The van der Waals surface area contributed by atoms with Crippen LogP contribution in [0.2, 0.25) is 0 Å². The fourth-order valence-electron chi connectivity index (χ4n) is 1.70. The van der Waals surface area contributed by atoms with E-state index in [0.29, 0.717) is 12.8 Å². The lowest BCUT2D eigenvalue weighted by atomic mass is 9.97. The second kappa shape index (κ2) is 6.34. The van der Waals surface area contributed by atoms with E-state index in [2.05, 4.69) is 9.64 Å². The van der Waals surface area contributed by atoms with Gasteiger partial charge < -0.3 is 14.7 Å². The molecule has 0 aliphatic carbocycles. The van der Waals surface area contributed by atoms with E-state index >= 15 is 0 Å². The third-order valence-electron chi connectivity index (χ3n) is 2.81. The van der Waals surface area contributed by atoms with E-state index in [4.69, 9.17) is 5.11 Å². The van der Waals surface area contributed by atoms with Crippen LogP contribution < -0.4 is 0 Å². The van der Waals surface area contributed by atoms with E-state index in [1.165, 1.54) is 0 Å². The average molecular weight is 243 g/mol. The maximum absolute atomic E-state index is 11.6. The Hall–Kier alpha value is -1.43. The lowest BCUT2D eigenvalue weighted by molar-refractivity contribution is -0.164. The lowest BCUT2D eigenvalue weighted by Crippen LogP contribution is -2.35. The van der Waals surface area contributed by atoms with E-state index in [-0.39, 0.29) is 18.8 Å². The SMILES string of the molecule is CN1CCC(C(=O)OC(=O)CCC(=O)O)CC1. The molecule has 0 spiro atoms. The maximum Gasteiger partial charge on any atom is 0.316 e. The summed E-state index contributed by atoms with van der Waals surface area (Å²) in [6.45, 7) is 1.62. The van der Waals surface area contributed by atoms with E-state index in [0.717, 1.165) is 13.1 Å². The Morgan fingerprint density at radius 1 is 1.24 bits per heavy atom. The number of piperidine rings is 1. The number of aliphatic carboxylic acids is 1. The maximum atomic E-state index is 11.6. The Balaban J connectivity index is 2.28. The summed E-state index contributed by atoms with van der Waals surface area (Å²) in [6.07, 6.45) is 0.802. The number of nitrogens with zero attached hydrogens (tertiary/aromatic N) is 1. The van der Waals surface area contributed by atoms with Crippen molar-refractivity contribution in [3.63, 3.8) is 0 Å². The molecule has 1 N–H and O–H groups in total. The van der Waals surface area contributed by atoms with Crippen molar-refractivity contribution < 1.29 is 24.2 Å². The van der Waals surface area contributed by atoms with Gasteiger partial charge in [0, 0.05) is 0 Å². The first-order valence-electron chi connectivity index (χ1n) is 5.64. The first kappa shape index (κ1) is 13.6. The number of carboxylic acid groups (broad SMARTS) is 1. The van der Waals surface area contributed by atoms with Crippen molar-refractivity contribution >= 4 is 17.9 Å². The van der Waals surface area contributed by atoms with Crippen LogP contribution in [0.3, 0.4) is 0 Å². The van der Waals surface area contributed by atoms with Gasteiger partial charge in [-0.05, 0) is 33.0 Å². The molecular formula is C11H17NO5. The van der Waals surface area contributed by atoms with Gasteiger partial charge in [-0.3, -0.25) is 14.4 Å². The van der Waals surface area contributed by atoms with Crippen LogP contribution in [0, 0.1) is 5.92 Å². The van der Waals surface area contributed by atoms with Gasteiger partial charge in [-0.2, -0.15) is 0 Å². The van der Waals surface area contributed by atoms with Gasteiger partial charge in [0.15, 0.2) is 0 Å². The van der Waals surface area contributed by atoms with E-state index in [9.17, 15) is 14.4 Å². The molecule has 0 radical (unpaired) electrons. The van der Waals surface area contributed by atoms with Gasteiger partial charge in [0.25, 0.3) is 0 Å². The molecule has 17 heavy (non-hydrogen) atoms. The van der Waals surface area contributed by atoms with Crippen molar-refractivity contribution in [2.45, 2.75) is 25.7 Å². The van der Waals surface area contributed by atoms with Crippen molar-refractivity contribution in [3.8, 4) is 0 Å². The summed E-state index contributed by atoms with van der Waals surface area (Å²) < 4.78 is 4.62. The number of carboxylic acids is 1. The van der Waals surface area contributed by atoms with Gasteiger partial charge in [0.05, 0.1) is 18.8 Å². The van der Waals surface area contributed by atoms with Gasteiger partial charge >= 0.3 is 17.9 Å². The largest absolute Gasteiger partial charge is 0.481 e. The van der Waals surface area contributed by atoms with Gasteiger partial charge in [0.2, 0.25) is 0 Å². The quantitative estimate of drug-likeness (QED) is 0.563. The molecule has 1 saturated heterocycles. The third-order valence-corrected chi connectivity index (χ3v) is 2.81. The summed E-state index contributed by atoms with van der Waals surface area (Å²) >= 11 is 0. The monoisotopic (exact) mass is 243 g/mol. The number of carbonyl (C=O) groups is 3. The molecule has 1 heterocycles. The van der Waals surface area contributed by atoms with Gasteiger partial charge in [-0.15, -0.1) is 0 Å². The number of rotatable bonds is 4. The third kappa shape index (κ3) is 4.95. The summed E-state index contributed by atoms with van der Waals surface area (Å²) in [6, 6.07) is 0. The Morgan fingerprint density at radius 2 is 1.82 bits per heavy atom. The van der Waals surface area contributed by atoms with Crippen LogP contribution in [0.4, 0.5) is 0 Å². The van der Waals surface area contributed by atoms with E-state index in [1.54, 1.807) is 0 Å². The molecule has 1 aliphatic rings. The molecule has 0 amide bonds. The average Bonchev–Trinajstić information content (AvgIpc) is 2.27. The number of ether oxygens (including phenoxy) is 1. The highest BCUT2D eigenvalue weighted by Crippen LogP contribution is 2.17. The van der Waals surface area contributed by atoms with Crippen LogP contribution in [0.1, 0.15) is 25.7 Å². The van der Waals surface area contributed by atoms with Crippen molar-refractivity contribution in [2.24, 2.45) is 5.92 Å². The first-order chi connectivity index (χ1) is 7.99. The summed E-state index contributed by atoms with van der Waals surface area (Å²) in [5.41, 5.74) is 0. The van der Waals surface area contributed by atoms with Gasteiger partial charge in [-0.1, -0.05) is 0 Å². The molecule has 6 heteroatoms. The molecule has 0 aromatic carbocycles. The molecule has 0 aromatic heterocycles. The van der Waals surface area contributed by atoms with Gasteiger partial charge in [-0.25, -0.2) is 0 Å². The second-order valence-electron chi connectivity index (χ2n) is 4.26. The van der Waals surface area contributed by atoms with E-state index < -0.39 is 17.9 Å². The molecule has 0 aromatic rings. The van der Waals surface area contributed by atoms with Crippen molar-refractivity contribution in [1.29, 1.82) is 0 Å². The predicted octanol–water partition coefficient (Wildman–Crippen LogP) is 0.263. The summed E-state index contributed by atoms with van der Waals surface area (Å²) in [4.78, 5) is 35.0. The van der Waals surface area contributed by atoms with E-state index in [1.807, 2.05) is 7.05 Å². The molecule has 0 bridgehead atoms. The number of hydrogen-bond acceptors (Lipinski definition) is 5. The predicted molar refractivity (Wildman–Crippen MR) is 58.2 cm³/mol. The highest BCUT2D eigenvalue weighted by Gasteiger charge is 2.26. The highest BCUT2D eigenvalue weighted by molar-refractivity contribution is 5.88. The molecule has 6 nitrogen and oxygen atoms in total. The Morgan fingerprint density at radius 3 is 2.35 bits per heavy atom. The number of likely N-dealkylation sites (tertiary alicyclic amines) is 1. The summed E-state index contributed by atoms with van der Waals surface area (Å²) in [5, 5.41) is 8.38. The van der Waals surface area contributed by atoms with Crippen molar-refractivity contribution in [3.05, 3.63) is 0 Å². The van der Waals surface area contributed by atoms with Crippen LogP contribution in [-0.4, -0.2) is 48.1 Å².